The topological polar surface area (TPSA) is 59.8 Å². The Hall–Kier alpha value is -2.52. The van der Waals surface area contributed by atoms with E-state index >= 15 is 0 Å². The number of nitrogens with one attached hydrogen (secondary N) is 1. The van der Waals surface area contributed by atoms with E-state index in [0.29, 0.717) is 5.82 Å². The smallest absolute Gasteiger partial charge is 0.319 e. The zero-order valence-electron chi connectivity index (χ0n) is 10.1. The molecule has 0 aliphatic heterocycles. The van der Waals surface area contributed by atoms with Gasteiger partial charge < -0.3 is 5.32 Å². The Kier molecular flexibility index (Phi) is 3.62. The van der Waals surface area contributed by atoms with Crippen molar-refractivity contribution in [2.24, 2.45) is 0 Å². The molecule has 5 nitrogen and oxygen atoms in total. The van der Waals surface area contributed by atoms with Gasteiger partial charge in [-0.2, -0.15) is 27.1 Å². The predicted molar refractivity (Wildman–Crippen MR) is 61.0 cm³/mol. The van der Waals surface area contributed by atoms with Gasteiger partial charge in [0.1, 0.15) is 0 Å². The van der Waals surface area contributed by atoms with E-state index in [2.05, 4.69) is 10.1 Å². The van der Waals surface area contributed by atoms with Crippen LogP contribution in [0.4, 0.5) is 27.6 Å². The van der Waals surface area contributed by atoms with Gasteiger partial charge in [0.05, 0.1) is 11.9 Å². The Morgan fingerprint density at radius 1 is 1.19 bits per heavy atom. The summed E-state index contributed by atoms with van der Waals surface area (Å²) in [6.45, 7) is 0. The van der Waals surface area contributed by atoms with E-state index in [0.717, 1.165) is 12.3 Å². The first-order valence-corrected chi connectivity index (χ1v) is 5.44. The van der Waals surface area contributed by atoms with E-state index in [9.17, 15) is 26.7 Å². The lowest BCUT2D eigenvalue weighted by Gasteiger charge is -2.18. The van der Waals surface area contributed by atoms with Crippen LogP contribution >= 0.6 is 0 Å². The molecule has 1 N–H and O–H groups in total. The molecule has 2 aromatic heterocycles. The Balaban J connectivity index is 2.12. The molecule has 0 unspecified atom stereocenters. The summed E-state index contributed by atoms with van der Waals surface area (Å²) in [5.41, 5.74) is -0.292. The first kappa shape index (κ1) is 14.9. The molecule has 0 spiro atoms. The van der Waals surface area contributed by atoms with Crippen molar-refractivity contribution in [3.8, 4) is 5.82 Å². The van der Waals surface area contributed by atoms with Gasteiger partial charge >= 0.3 is 18.0 Å². The van der Waals surface area contributed by atoms with E-state index in [1.54, 1.807) is 12.3 Å². The van der Waals surface area contributed by atoms with Crippen LogP contribution in [0.25, 0.3) is 5.82 Å². The molecule has 21 heavy (non-hydrogen) atoms. The molecule has 0 aliphatic rings. The third-order valence-corrected chi connectivity index (χ3v) is 2.39. The number of hydrogen-bond donors (Lipinski definition) is 1. The van der Waals surface area contributed by atoms with E-state index in [1.807, 2.05) is 0 Å². The normalized spacial score (nSPS) is 12.2. The molecule has 0 atom stereocenters. The fourth-order valence-corrected chi connectivity index (χ4v) is 1.34. The zero-order valence-corrected chi connectivity index (χ0v) is 10.1. The molecule has 2 rings (SSSR count). The van der Waals surface area contributed by atoms with Gasteiger partial charge in [0.25, 0.3) is 0 Å². The summed E-state index contributed by atoms with van der Waals surface area (Å²) in [6, 6.07) is 4.05. The maximum atomic E-state index is 12.7. The van der Waals surface area contributed by atoms with Crippen molar-refractivity contribution in [3.63, 3.8) is 0 Å². The first-order chi connectivity index (χ1) is 9.72. The molecule has 0 aromatic carbocycles. The third-order valence-electron chi connectivity index (χ3n) is 2.39. The Morgan fingerprint density at radius 2 is 1.90 bits per heavy atom. The van der Waals surface area contributed by atoms with Crippen LogP contribution in [0.15, 0.2) is 36.8 Å². The van der Waals surface area contributed by atoms with Crippen LogP contribution in [-0.4, -0.2) is 32.8 Å². The number of carbonyl (C=O) groups excluding carboxylic acids is 1. The lowest BCUT2D eigenvalue weighted by atomic mass is 10.3. The molecule has 1 amide bonds. The van der Waals surface area contributed by atoms with Crippen molar-refractivity contribution in [1.29, 1.82) is 0 Å². The van der Waals surface area contributed by atoms with E-state index < -0.39 is 18.0 Å². The summed E-state index contributed by atoms with van der Waals surface area (Å²) in [7, 11) is 0. The van der Waals surface area contributed by atoms with Crippen LogP contribution in [0.2, 0.25) is 0 Å². The standard InChI is InChI=1S/C11H7F5N4O/c12-10(13,11(14,15)16)9(21)19-7-2-3-8(17-6-7)20-5-1-4-18-20/h1-6H,(H,19,21). The molecular formula is C11H7F5N4O. The fraction of sp³-hybridized carbons (Fsp3) is 0.182. The minimum Gasteiger partial charge on any atom is -0.319 e. The van der Waals surface area contributed by atoms with Crippen LogP contribution < -0.4 is 5.32 Å². The minimum atomic E-state index is -5.96. The van der Waals surface area contributed by atoms with Crippen molar-refractivity contribution < 1.29 is 26.7 Å². The number of pyridine rings is 1. The maximum Gasteiger partial charge on any atom is 0.463 e. The summed E-state index contributed by atoms with van der Waals surface area (Å²) in [6.07, 6.45) is -1.99. The number of hydrogen-bond acceptors (Lipinski definition) is 3. The SMILES string of the molecule is O=C(Nc1ccc(-n2cccn2)nc1)C(F)(F)C(F)(F)F. The molecule has 0 saturated carbocycles. The maximum absolute atomic E-state index is 12.7. The molecule has 112 valence electrons. The van der Waals surface area contributed by atoms with E-state index in [4.69, 9.17) is 0 Å². The quantitative estimate of drug-likeness (QED) is 0.886. The lowest BCUT2D eigenvalue weighted by molar-refractivity contribution is -0.267. The number of carbonyl (C=O) groups is 1. The van der Waals surface area contributed by atoms with Crippen LogP contribution in [0, 0.1) is 0 Å². The highest BCUT2D eigenvalue weighted by Gasteiger charge is 2.63. The number of amides is 1. The molecular weight excluding hydrogens is 299 g/mol. The monoisotopic (exact) mass is 306 g/mol. The van der Waals surface area contributed by atoms with Gasteiger partial charge in [-0.3, -0.25) is 4.79 Å². The van der Waals surface area contributed by atoms with Crippen molar-refractivity contribution in [1.82, 2.24) is 14.8 Å². The zero-order chi connectivity index (χ0) is 15.7. The summed E-state index contributed by atoms with van der Waals surface area (Å²) < 4.78 is 62.8. The third kappa shape index (κ3) is 2.98. The van der Waals surface area contributed by atoms with Gasteiger partial charge in [-0.25, -0.2) is 9.67 Å². The summed E-state index contributed by atoms with van der Waals surface area (Å²) in [5.74, 6) is -7.64. The highest BCUT2D eigenvalue weighted by molar-refractivity contribution is 5.96. The Morgan fingerprint density at radius 3 is 2.38 bits per heavy atom. The van der Waals surface area contributed by atoms with Crippen molar-refractivity contribution in [3.05, 3.63) is 36.8 Å². The fourth-order valence-electron chi connectivity index (χ4n) is 1.34. The number of nitrogens with zero attached hydrogens (tertiary/aromatic N) is 3. The molecule has 0 aliphatic carbocycles. The molecule has 2 heterocycles. The van der Waals surface area contributed by atoms with Gasteiger partial charge in [-0.1, -0.05) is 0 Å². The second-order valence-corrected chi connectivity index (χ2v) is 3.88. The largest absolute Gasteiger partial charge is 0.463 e. The molecule has 2 aromatic rings. The lowest BCUT2D eigenvalue weighted by Crippen LogP contribution is -2.47. The highest BCUT2D eigenvalue weighted by Crippen LogP contribution is 2.36. The van der Waals surface area contributed by atoms with Crippen LogP contribution in [0.1, 0.15) is 0 Å². The minimum absolute atomic E-state index is 0.292. The average molecular weight is 306 g/mol. The molecule has 0 radical (unpaired) electrons. The van der Waals surface area contributed by atoms with E-state index in [1.165, 1.54) is 22.3 Å². The van der Waals surface area contributed by atoms with Gasteiger partial charge in [0.15, 0.2) is 5.82 Å². The number of rotatable bonds is 3. The van der Waals surface area contributed by atoms with Crippen molar-refractivity contribution in [2.75, 3.05) is 5.32 Å². The Bertz CT molecular complexity index is 621. The molecule has 10 heteroatoms. The van der Waals surface area contributed by atoms with Crippen molar-refractivity contribution >= 4 is 11.6 Å². The number of alkyl halides is 5. The van der Waals surface area contributed by atoms with Crippen LogP contribution in [0.3, 0.4) is 0 Å². The summed E-state index contributed by atoms with van der Waals surface area (Å²) in [4.78, 5) is 14.7. The first-order valence-electron chi connectivity index (χ1n) is 5.44. The average Bonchev–Trinajstić information content (AvgIpc) is 2.92. The summed E-state index contributed by atoms with van der Waals surface area (Å²) >= 11 is 0. The number of aromatic nitrogens is 3. The molecule has 0 bridgehead atoms. The van der Waals surface area contributed by atoms with Crippen LogP contribution in [-0.2, 0) is 4.79 Å². The van der Waals surface area contributed by atoms with Gasteiger partial charge in [0, 0.05) is 12.4 Å². The highest BCUT2D eigenvalue weighted by atomic mass is 19.4. The van der Waals surface area contributed by atoms with Crippen LogP contribution in [0.5, 0.6) is 0 Å². The summed E-state index contributed by atoms with van der Waals surface area (Å²) in [5, 5.41) is 5.31. The number of anilines is 1. The van der Waals surface area contributed by atoms with Gasteiger partial charge in [-0.05, 0) is 18.2 Å². The predicted octanol–water partition coefficient (Wildman–Crippen LogP) is 2.40. The van der Waals surface area contributed by atoms with Crippen molar-refractivity contribution in [2.45, 2.75) is 12.1 Å². The van der Waals surface area contributed by atoms with Gasteiger partial charge in [-0.15, -0.1) is 0 Å². The second-order valence-electron chi connectivity index (χ2n) is 3.88. The molecule has 0 saturated heterocycles. The number of halogens is 5. The van der Waals surface area contributed by atoms with E-state index in [-0.39, 0.29) is 5.69 Å². The molecule has 0 fully saturated rings. The second kappa shape index (κ2) is 5.11. The Labute approximate surface area is 114 Å². The van der Waals surface area contributed by atoms with Gasteiger partial charge in [0.2, 0.25) is 0 Å².